The fourth-order valence-electron chi connectivity index (χ4n) is 2.93. The Morgan fingerprint density at radius 1 is 1.17 bits per heavy atom. The molecule has 1 unspecified atom stereocenters. The van der Waals surface area contributed by atoms with E-state index in [1.165, 1.54) is 19.1 Å². The number of hydrogen-bond donors (Lipinski definition) is 2. The number of carbonyl (C=O) groups excluding carboxylic acids is 2. The van der Waals surface area contributed by atoms with Crippen molar-refractivity contribution in [3.63, 3.8) is 0 Å². The molecule has 2 N–H and O–H groups in total. The van der Waals surface area contributed by atoms with Gasteiger partial charge in [0.1, 0.15) is 24.0 Å². The maximum Gasteiger partial charge on any atom is 0.336 e. The molecule has 0 saturated carbocycles. The van der Waals surface area contributed by atoms with Crippen LogP contribution in [-0.2, 0) is 16.1 Å². The average molecular weight is 395 g/mol. The van der Waals surface area contributed by atoms with E-state index >= 15 is 0 Å². The van der Waals surface area contributed by atoms with Crippen molar-refractivity contribution in [2.24, 2.45) is 0 Å². The summed E-state index contributed by atoms with van der Waals surface area (Å²) in [4.78, 5) is 36.4. The Morgan fingerprint density at radius 2 is 1.93 bits per heavy atom. The van der Waals surface area contributed by atoms with Crippen LogP contribution in [0, 0.1) is 13.8 Å². The largest absolute Gasteiger partial charge is 0.508 e. The summed E-state index contributed by atoms with van der Waals surface area (Å²) < 4.78 is 10.5. The van der Waals surface area contributed by atoms with Gasteiger partial charge in [0, 0.05) is 28.1 Å². The molecule has 7 nitrogen and oxygen atoms in total. The van der Waals surface area contributed by atoms with E-state index in [0.29, 0.717) is 22.1 Å². The quantitative estimate of drug-likeness (QED) is 0.508. The molecule has 0 saturated heterocycles. The van der Waals surface area contributed by atoms with Gasteiger partial charge in [0.05, 0.1) is 0 Å². The van der Waals surface area contributed by atoms with Crippen molar-refractivity contribution in [2.45, 2.75) is 33.4 Å². The number of amides is 1. The van der Waals surface area contributed by atoms with Crippen molar-refractivity contribution in [2.75, 3.05) is 0 Å². The summed E-state index contributed by atoms with van der Waals surface area (Å²) in [5.41, 5.74) is 1.88. The first-order valence-corrected chi connectivity index (χ1v) is 9.05. The Kier molecular flexibility index (Phi) is 5.68. The maximum atomic E-state index is 12.3. The Labute approximate surface area is 166 Å². The second kappa shape index (κ2) is 8.18. The number of phenolic OH excluding ortho intramolecular Hbond substituents is 1. The van der Waals surface area contributed by atoms with E-state index in [0.717, 1.165) is 5.56 Å². The van der Waals surface area contributed by atoms with Gasteiger partial charge in [0.25, 0.3) is 5.91 Å². The number of ether oxygens (including phenoxy) is 1. The SMILES string of the molecule is Cc1cccc(C(=O)NC(C)C(=O)OCc2cc(=O)oc3c(C)c(O)ccc23)c1. The summed E-state index contributed by atoms with van der Waals surface area (Å²) in [7, 11) is 0. The Morgan fingerprint density at radius 3 is 2.66 bits per heavy atom. The van der Waals surface area contributed by atoms with Gasteiger partial charge in [-0.3, -0.25) is 4.79 Å². The van der Waals surface area contributed by atoms with E-state index in [4.69, 9.17) is 9.15 Å². The number of aromatic hydroxyl groups is 1. The summed E-state index contributed by atoms with van der Waals surface area (Å²) in [5, 5.41) is 13.0. The molecule has 3 aromatic rings. The molecule has 0 radical (unpaired) electrons. The van der Waals surface area contributed by atoms with Crippen LogP contribution in [0.25, 0.3) is 11.0 Å². The number of esters is 1. The molecule has 0 aliphatic rings. The number of carbonyl (C=O) groups is 2. The molecular formula is C22H21NO6. The lowest BCUT2D eigenvalue weighted by molar-refractivity contribution is -0.146. The zero-order valence-electron chi connectivity index (χ0n) is 16.3. The predicted molar refractivity (Wildman–Crippen MR) is 107 cm³/mol. The van der Waals surface area contributed by atoms with Crippen LogP contribution in [0.3, 0.4) is 0 Å². The van der Waals surface area contributed by atoms with E-state index in [-0.39, 0.29) is 23.8 Å². The number of phenols is 1. The van der Waals surface area contributed by atoms with Crippen molar-refractivity contribution < 1.29 is 23.8 Å². The predicted octanol–water partition coefficient (Wildman–Crippen LogP) is 2.98. The van der Waals surface area contributed by atoms with Gasteiger partial charge in [-0.2, -0.15) is 0 Å². The Bertz CT molecular complexity index is 1150. The third kappa shape index (κ3) is 4.45. The minimum absolute atomic E-state index is 0.00211. The van der Waals surface area contributed by atoms with E-state index in [1.54, 1.807) is 31.2 Å². The molecule has 0 fully saturated rings. The molecule has 0 spiro atoms. The first kappa shape index (κ1) is 20.1. The molecule has 1 heterocycles. The van der Waals surface area contributed by atoms with Crippen molar-refractivity contribution in [1.82, 2.24) is 5.32 Å². The van der Waals surface area contributed by atoms with Crippen LogP contribution in [0.2, 0.25) is 0 Å². The van der Waals surface area contributed by atoms with Crippen LogP contribution in [0.4, 0.5) is 0 Å². The maximum absolute atomic E-state index is 12.3. The van der Waals surface area contributed by atoms with Crippen molar-refractivity contribution >= 4 is 22.8 Å². The zero-order chi connectivity index (χ0) is 21.1. The monoisotopic (exact) mass is 395 g/mol. The van der Waals surface area contributed by atoms with Gasteiger partial charge in [-0.05, 0) is 45.0 Å². The van der Waals surface area contributed by atoms with Crippen LogP contribution in [0.5, 0.6) is 5.75 Å². The van der Waals surface area contributed by atoms with E-state index in [9.17, 15) is 19.5 Å². The molecule has 29 heavy (non-hydrogen) atoms. The first-order valence-electron chi connectivity index (χ1n) is 9.05. The lowest BCUT2D eigenvalue weighted by Gasteiger charge is -2.14. The second-order valence-corrected chi connectivity index (χ2v) is 6.85. The number of benzene rings is 2. The highest BCUT2D eigenvalue weighted by atomic mass is 16.5. The highest BCUT2D eigenvalue weighted by molar-refractivity contribution is 5.96. The number of rotatable bonds is 5. The van der Waals surface area contributed by atoms with E-state index < -0.39 is 17.6 Å². The first-order chi connectivity index (χ1) is 13.8. The zero-order valence-corrected chi connectivity index (χ0v) is 16.3. The van der Waals surface area contributed by atoms with Crippen LogP contribution < -0.4 is 10.9 Å². The second-order valence-electron chi connectivity index (χ2n) is 6.85. The lowest BCUT2D eigenvalue weighted by Crippen LogP contribution is -2.39. The highest BCUT2D eigenvalue weighted by Gasteiger charge is 2.19. The van der Waals surface area contributed by atoms with E-state index in [1.807, 2.05) is 13.0 Å². The standard InChI is InChI=1S/C22H21NO6/c1-12-5-4-6-15(9-12)21(26)23-14(3)22(27)28-11-16-10-19(25)29-20-13(2)18(24)8-7-17(16)20/h4-10,14,24H,11H2,1-3H3,(H,23,26). The molecule has 0 aliphatic heterocycles. The van der Waals surface area contributed by atoms with Crippen molar-refractivity contribution in [1.29, 1.82) is 0 Å². The highest BCUT2D eigenvalue weighted by Crippen LogP contribution is 2.27. The van der Waals surface area contributed by atoms with Crippen LogP contribution >= 0.6 is 0 Å². The van der Waals surface area contributed by atoms with Gasteiger partial charge in [-0.1, -0.05) is 17.7 Å². The normalized spacial score (nSPS) is 11.8. The van der Waals surface area contributed by atoms with Gasteiger partial charge in [0.2, 0.25) is 0 Å². The van der Waals surface area contributed by atoms with E-state index in [2.05, 4.69) is 5.32 Å². The molecule has 150 valence electrons. The fourth-order valence-corrected chi connectivity index (χ4v) is 2.93. The number of nitrogens with one attached hydrogen (secondary N) is 1. The van der Waals surface area contributed by atoms with Crippen LogP contribution in [0.1, 0.15) is 34.0 Å². The molecule has 0 bridgehead atoms. The molecule has 7 heteroatoms. The Hall–Kier alpha value is -3.61. The summed E-state index contributed by atoms with van der Waals surface area (Å²) in [5.74, 6) is -1.01. The number of fused-ring (bicyclic) bond motifs is 1. The summed E-state index contributed by atoms with van der Waals surface area (Å²) in [6, 6.07) is 10.5. The summed E-state index contributed by atoms with van der Waals surface area (Å²) in [6.07, 6.45) is 0. The third-order valence-electron chi connectivity index (χ3n) is 4.57. The number of hydrogen-bond acceptors (Lipinski definition) is 6. The third-order valence-corrected chi connectivity index (χ3v) is 4.57. The smallest absolute Gasteiger partial charge is 0.336 e. The molecule has 3 rings (SSSR count). The molecule has 0 aliphatic carbocycles. The Balaban J connectivity index is 1.71. The van der Waals surface area contributed by atoms with Gasteiger partial charge >= 0.3 is 11.6 Å². The van der Waals surface area contributed by atoms with Crippen molar-refractivity contribution in [3.05, 3.63) is 75.1 Å². The fraction of sp³-hybridized carbons (Fsp3) is 0.227. The summed E-state index contributed by atoms with van der Waals surface area (Å²) >= 11 is 0. The minimum Gasteiger partial charge on any atom is -0.508 e. The lowest BCUT2D eigenvalue weighted by atomic mass is 10.1. The molecular weight excluding hydrogens is 374 g/mol. The van der Waals surface area contributed by atoms with Gasteiger partial charge in [0.15, 0.2) is 0 Å². The van der Waals surface area contributed by atoms with Crippen molar-refractivity contribution in [3.8, 4) is 5.75 Å². The minimum atomic E-state index is -0.875. The van der Waals surface area contributed by atoms with Gasteiger partial charge in [-0.15, -0.1) is 0 Å². The van der Waals surface area contributed by atoms with Crippen LogP contribution in [-0.4, -0.2) is 23.0 Å². The van der Waals surface area contributed by atoms with Crippen LogP contribution in [0.15, 0.2) is 51.7 Å². The number of aryl methyl sites for hydroxylation is 2. The topological polar surface area (TPSA) is 106 Å². The van der Waals surface area contributed by atoms with Gasteiger partial charge in [-0.25, -0.2) is 9.59 Å². The van der Waals surface area contributed by atoms with Gasteiger partial charge < -0.3 is 19.6 Å². The summed E-state index contributed by atoms with van der Waals surface area (Å²) in [6.45, 7) is 4.85. The average Bonchev–Trinajstić information content (AvgIpc) is 2.68. The molecule has 1 amide bonds. The molecule has 1 atom stereocenters. The molecule has 2 aromatic carbocycles. The molecule has 1 aromatic heterocycles.